The third-order valence-corrected chi connectivity index (χ3v) is 3.29. The number of carboxylic acids is 1. The molecule has 2 rings (SSSR count). The van der Waals surface area contributed by atoms with Gasteiger partial charge in [0.15, 0.2) is 0 Å². The van der Waals surface area contributed by atoms with Crippen molar-refractivity contribution >= 4 is 5.97 Å². The molecule has 0 bridgehead atoms. The fourth-order valence-corrected chi connectivity index (χ4v) is 2.37. The molecule has 0 saturated carbocycles. The second kappa shape index (κ2) is 5.44. The number of carbonyl (C=O) groups is 1. The largest absolute Gasteiger partial charge is 0.481 e. The number of aryl methyl sites for hydroxylation is 2. The lowest BCUT2D eigenvalue weighted by Gasteiger charge is -2.11. The van der Waals surface area contributed by atoms with Crippen LogP contribution in [0.15, 0.2) is 6.07 Å². The predicted octanol–water partition coefficient (Wildman–Crippen LogP) is 1.22. The SMILES string of the molecule is Cc1cc(C2CCN(C)C2)nc(CCC(=O)O)n1. The van der Waals surface area contributed by atoms with Crippen LogP contribution < -0.4 is 0 Å². The highest BCUT2D eigenvalue weighted by Gasteiger charge is 2.23. The number of nitrogens with zero attached hydrogens (tertiary/aromatic N) is 3. The van der Waals surface area contributed by atoms with Gasteiger partial charge in [-0.25, -0.2) is 9.97 Å². The molecule has 1 fully saturated rings. The van der Waals surface area contributed by atoms with Crippen LogP contribution >= 0.6 is 0 Å². The first-order valence-corrected chi connectivity index (χ1v) is 6.29. The Kier molecular flexibility index (Phi) is 3.91. The maximum Gasteiger partial charge on any atom is 0.303 e. The highest BCUT2D eigenvalue weighted by atomic mass is 16.4. The Labute approximate surface area is 107 Å². The standard InChI is InChI=1S/C13H19N3O2/c1-9-7-11(10-5-6-16(2)8-10)15-12(14-9)3-4-13(17)18/h7,10H,3-6,8H2,1-2H3,(H,17,18). The van der Waals surface area contributed by atoms with Crippen molar-refractivity contribution in [1.29, 1.82) is 0 Å². The van der Waals surface area contributed by atoms with Gasteiger partial charge in [-0.2, -0.15) is 0 Å². The zero-order valence-electron chi connectivity index (χ0n) is 10.9. The predicted molar refractivity (Wildman–Crippen MR) is 67.6 cm³/mol. The molecule has 0 aromatic carbocycles. The minimum absolute atomic E-state index is 0.0907. The number of likely N-dealkylation sites (N-methyl/N-ethyl adjacent to an activating group) is 1. The van der Waals surface area contributed by atoms with Crippen molar-refractivity contribution in [3.05, 3.63) is 23.3 Å². The first-order chi connectivity index (χ1) is 8.54. The molecule has 5 heteroatoms. The number of carboxylic acid groups (broad SMARTS) is 1. The Morgan fingerprint density at radius 1 is 1.56 bits per heavy atom. The van der Waals surface area contributed by atoms with Crippen LogP contribution in [0.3, 0.4) is 0 Å². The number of aliphatic carboxylic acids is 1. The first kappa shape index (κ1) is 13.0. The molecule has 1 aliphatic rings. The van der Waals surface area contributed by atoms with Gasteiger partial charge in [0.05, 0.1) is 6.42 Å². The molecule has 0 amide bonds. The number of aromatic nitrogens is 2. The summed E-state index contributed by atoms with van der Waals surface area (Å²) >= 11 is 0. The van der Waals surface area contributed by atoms with Gasteiger partial charge in [-0.15, -0.1) is 0 Å². The summed E-state index contributed by atoms with van der Waals surface area (Å²) in [6.45, 7) is 4.06. The van der Waals surface area contributed by atoms with Crippen LogP contribution in [-0.2, 0) is 11.2 Å². The Morgan fingerprint density at radius 3 is 2.94 bits per heavy atom. The quantitative estimate of drug-likeness (QED) is 0.869. The Bertz CT molecular complexity index is 448. The maximum absolute atomic E-state index is 10.6. The van der Waals surface area contributed by atoms with Crippen molar-refractivity contribution in [2.45, 2.75) is 32.1 Å². The molecule has 0 radical (unpaired) electrons. The van der Waals surface area contributed by atoms with Gasteiger partial charge in [0.1, 0.15) is 5.82 Å². The zero-order valence-corrected chi connectivity index (χ0v) is 10.9. The smallest absolute Gasteiger partial charge is 0.303 e. The summed E-state index contributed by atoms with van der Waals surface area (Å²) in [6.07, 6.45) is 1.62. The van der Waals surface area contributed by atoms with Gasteiger partial charge in [-0.05, 0) is 33.0 Å². The van der Waals surface area contributed by atoms with E-state index in [1.807, 2.05) is 13.0 Å². The molecule has 0 spiro atoms. The summed E-state index contributed by atoms with van der Waals surface area (Å²) in [6, 6.07) is 2.02. The van der Waals surface area contributed by atoms with Crippen molar-refractivity contribution in [3.63, 3.8) is 0 Å². The van der Waals surface area contributed by atoms with Crippen LogP contribution in [0, 0.1) is 6.92 Å². The van der Waals surface area contributed by atoms with E-state index in [4.69, 9.17) is 5.11 Å². The molecule has 1 aliphatic heterocycles. The molecule has 1 saturated heterocycles. The molecule has 1 atom stereocenters. The number of hydrogen-bond donors (Lipinski definition) is 1. The summed E-state index contributed by atoms with van der Waals surface area (Å²) in [4.78, 5) is 21.7. The van der Waals surface area contributed by atoms with Crippen LogP contribution in [-0.4, -0.2) is 46.1 Å². The van der Waals surface area contributed by atoms with E-state index >= 15 is 0 Å². The van der Waals surface area contributed by atoms with Gasteiger partial charge in [-0.1, -0.05) is 0 Å². The van der Waals surface area contributed by atoms with Gasteiger partial charge in [0.25, 0.3) is 0 Å². The lowest BCUT2D eigenvalue weighted by atomic mass is 10.0. The topological polar surface area (TPSA) is 66.3 Å². The average molecular weight is 249 g/mol. The molecule has 1 aromatic heterocycles. The van der Waals surface area contributed by atoms with Gasteiger partial charge in [-0.3, -0.25) is 4.79 Å². The van der Waals surface area contributed by atoms with Gasteiger partial charge < -0.3 is 10.0 Å². The molecule has 1 unspecified atom stereocenters. The molecule has 98 valence electrons. The number of hydrogen-bond acceptors (Lipinski definition) is 4. The molecule has 2 heterocycles. The fourth-order valence-electron chi connectivity index (χ4n) is 2.37. The molecule has 18 heavy (non-hydrogen) atoms. The van der Waals surface area contributed by atoms with Gasteiger partial charge >= 0.3 is 5.97 Å². The molecule has 5 nitrogen and oxygen atoms in total. The second-order valence-corrected chi connectivity index (χ2v) is 4.99. The summed E-state index contributed by atoms with van der Waals surface area (Å²) in [5, 5.41) is 8.70. The molecule has 1 aromatic rings. The summed E-state index contributed by atoms with van der Waals surface area (Å²) in [5.41, 5.74) is 1.99. The molecule has 1 N–H and O–H groups in total. The van der Waals surface area contributed by atoms with Crippen molar-refractivity contribution < 1.29 is 9.90 Å². The summed E-state index contributed by atoms with van der Waals surface area (Å²) in [5.74, 6) is 0.310. The van der Waals surface area contributed by atoms with Crippen LogP contribution in [0.4, 0.5) is 0 Å². The Hall–Kier alpha value is -1.49. The van der Waals surface area contributed by atoms with Crippen LogP contribution in [0.5, 0.6) is 0 Å². The van der Waals surface area contributed by atoms with E-state index in [0.29, 0.717) is 18.2 Å². The molecule has 0 aliphatic carbocycles. The highest BCUT2D eigenvalue weighted by Crippen LogP contribution is 2.25. The van der Waals surface area contributed by atoms with Gasteiger partial charge in [0.2, 0.25) is 0 Å². The summed E-state index contributed by atoms with van der Waals surface area (Å²) < 4.78 is 0. The van der Waals surface area contributed by atoms with Crippen molar-refractivity contribution in [2.75, 3.05) is 20.1 Å². The van der Waals surface area contributed by atoms with E-state index in [9.17, 15) is 4.79 Å². The monoisotopic (exact) mass is 249 g/mol. The minimum atomic E-state index is -0.803. The van der Waals surface area contributed by atoms with Crippen molar-refractivity contribution in [2.24, 2.45) is 0 Å². The zero-order chi connectivity index (χ0) is 13.1. The van der Waals surface area contributed by atoms with E-state index in [1.165, 1.54) is 0 Å². The van der Waals surface area contributed by atoms with E-state index in [2.05, 4.69) is 21.9 Å². The fraction of sp³-hybridized carbons (Fsp3) is 0.615. The number of likely N-dealkylation sites (tertiary alicyclic amines) is 1. The van der Waals surface area contributed by atoms with Crippen LogP contribution in [0.25, 0.3) is 0 Å². The molecular formula is C13H19N3O2. The third kappa shape index (κ3) is 3.26. The summed E-state index contributed by atoms with van der Waals surface area (Å²) in [7, 11) is 2.11. The minimum Gasteiger partial charge on any atom is -0.481 e. The maximum atomic E-state index is 10.6. The lowest BCUT2D eigenvalue weighted by Crippen LogP contribution is -2.14. The van der Waals surface area contributed by atoms with E-state index in [1.54, 1.807) is 0 Å². The lowest BCUT2D eigenvalue weighted by molar-refractivity contribution is -0.137. The number of rotatable bonds is 4. The van der Waals surface area contributed by atoms with Crippen LogP contribution in [0.1, 0.15) is 36.0 Å². The van der Waals surface area contributed by atoms with Crippen molar-refractivity contribution in [1.82, 2.24) is 14.9 Å². The Balaban J connectivity index is 2.13. The molecular weight excluding hydrogens is 230 g/mol. The highest BCUT2D eigenvalue weighted by molar-refractivity contribution is 5.66. The first-order valence-electron chi connectivity index (χ1n) is 6.29. The van der Waals surface area contributed by atoms with Crippen molar-refractivity contribution in [3.8, 4) is 0 Å². The Morgan fingerprint density at radius 2 is 2.33 bits per heavy atom. The van der Waals surface area contributed by atoms with Crippen LogP contribution in [0.2, 0.25) is 0 Å². The third-order valence-electron chi connectivity index (χ3n) is 3.29. The van der Waals surface area contributed by atoms with E-state index in [-0.39, 0.29) is 6.42 Å². The van der Waals surface area contributed by atoms with E-state index in [0.717, 1.165) is 30.9 Å². The van der Waals surface area contributed by atoms with E-state index < -0.39 is 5.97 Å². The average Bonchev–Trinajstić information content (AvgIpc) is 2.72. The second-order valence-electron chi connectivity index (χ2n) is 4.99. The van der Waals surface area contributed by atoms with Gasteiger partial charge in [0, 0.05) is 30.3 Å². The normalized spacial score (nSPS) is 20.2.